The van der Waals surface area contributed by atoms with Gasteiger partial charge in [-0.2, -0.15) is 13.2 Å². The number of halogens is 3. The molecule has 2 aliphatic rings. The molecule has 5 rings (SSSR count). The van der Waals surface area contributed by atoms with Crippen LogP contribution < -0.4 is 5.56 Å². The van der Waals surface area contributed by atoms with Crippen LogP contribution in [-0.4, -0.2) is 59.6 Å². The summed E-state index contributed by atoms with van der Waals surface area (Å²) in [6, 6.07) is 4.28. The average Bonchev–Trinajstić information content (AvgIpc) is 3.53. The SMILES string of the molecule is Cn1ccnc1-c1nnc2n(c1=O)CCC21CCN(Cc2cccs2)C1.O=C(O)C(F)(F)F. The molecule has 1 atom stereocenters. The number of carbonyl (C=O) groups is 1. The van der Waals surface area contributed by atoms with Crippen molar-refractivity contribution in [3.63, 3.8) is 0 Å². The second kappa shape index (κ2) is 8.71. The summed E-state index contributed by atoms with van der Waals surface area (Å²) in [5, 5.41) is 18.1. The maximum Gasteiger partial charge on any atom is 0.490 e. The summed E-state index contributed by atoms with van der Waals surface area (Å²) >= 11 is 1.80. The van der Waals surface area contributed by atoms with Crippen LogP contribution in [0.5, 0.6) is 0 Å². The van der Waals surface area contributed by atoms with Gasteiger partial charge in [-0.3, -0.25) is 14.3 Å². The number of aromatic nitrogens is 5. The van der Waals surface area contributed by atoms with Gasteiger partial charge in [-0.25, -0.2) is 9.78 Å². The number of thiophene rings is 1. The summed E-state index contributed by atoms with van der Waals surface area (Å²) in [5.74, 6) is -1.33. The van der Waals surface area contributed by atoms with E-state index in [9.17, 15) is 18.0 Å². The van der Waals surface area contributed by atoms with E-state index in [4.69, 9.17) is 9.90 Å². The Hall–Kier alpha value is -3.06. The summed E-state index contributed by atoms with van der Waals surface area (Å²) in [7, 11) is 1.86. The molecule has 13 heteroatoms. The number of alkyl halides is 3. The molecule has 1 unspecified atom stereocenters. The molecule has 3 aromatic heterocycles. The fraction of sp³-hybridized carbons (Fsp3) is 0.450. The third-order valence-corrected chi connectivity index (χ3v) is 6.77. The molecule has 176 valence electrons. The smallest absolute Gasteiger partial charge is 0.475 e. The Bertz CT molecular complexity index is 1210. The predicted octanol–water partition coefficient (Wildman–Crippen LogP) is 2.28. The maximum absolute atomic E-state index is 13.0. The monoisotopic (exact) mass is 482 g/mol. The Morgan fingerprint density at radius 3 is 2.61 bits per heavy atom. The lowest BCUT2D eigenvalue weighted by atomic mass is 9.85. The normalized spacial score (nSPS) is 20.0. The van der Waals surface area contributed by atoms with Gasteiger partial charge in [0.15, 0.2) is 11.5 Å². The average molecular weight is 482 g/mol. The zero-order valence-electron chi connectivity index (χ0n) is 17.6. The van der Waals surface area contributed by atoms with Crippen LogP contribution in [-0.2, 0) is 30.3 Å². The predicted molar refractivity (Wildman–Crippen MR) is 113 cm³/mol. The Morgan fingerprint density at radius 1 is 1.27 bits per heavy atom. The molecule has 1 saturated heterocycles. The van der Waals surface area contributed by atoms with Crippen LogP contribution in [0, 0.1) is 0 Å². The van der Waals surface area contributed by atoms with Crippen LogP contribution in [0.2, 0.25) is 0 Å². The third-order valence-electron chi connectivity index (χ3n) is 5.90. The van der Waals surface area contributed by atoms with Crippen LogP contribution in [0.3, 0.4) is 0 Å². The van der Waals surface area contributed by atoms with E-state index in [0.717, 1.165) is 38.3 Å². The Morgan fingerprint density at radius 2 is 2.00 bits per heavy atom. The minimum absolute atomic E-state index is 0.0381. The van der Waals surface area contributed by atoms with Gasteiger partial charge in [-0.15, -0.1) is 21.5 Å². The number of fused-ring (bicyclic) bond motifs is 2. The molecule has 0 aromatic carbocycles. The number of carboxylic acids is 1. The minimum atomic E-state index is -5.08. The van der Waals surface area contributed by atoms with Crippen molar-refractivity contribution in [3.8, 4) is 11.5 Å². The number of hydrogen-bond acceptors (Lipinski definition) is 7. The van der Waals surface area contributed by atoms with Gasteiger partial charge in [0.05, 0.1) is 0 Å². The molecule has 1 N–H and O–H groups in total. The first-order chi connectivity index (χ1) is 15.6. The van der Waals surface area contributed by atoms with Crippen molar-refractivity contribution in [1.82, 2.24) is 29.2 Å². The quantitative estimate of drug-likeness (QED) is 0.611. The van der Waals surface area contributed by atoms with Crippen molar-refractivity contribution in [2.24, 2.45) is 7.05 Å². The van der Waals surface area contributed by atoms with E-state index in [-0.39, 0.29) is 11.0 Å². The van der Waals surface area contributed by atoms with Crippen molar-refractivity contribution >= 4 is 17.3 Å². The zero-order chi connectivity index (χ0) is 23.8. The molecule has 1 fully saturated rings. The van der Waals surface area contributed by atoms with Crippen molar-refractivity contribution in [3.05, 3.63) is 51.0 Å². The lowest BCUT2D eigenvalue weighted by Gasteiger charge is -2.22. The Kier molecular flexibility index (Phi) is 6.10. The molecular weight excluding hydrogens is 461 g/mol. The summed E-state index contributed by atoms with van der Waals surface area (Å²) in [4.78, 5) is 30.0. The fourth-order valence-electron chi connectivity index (χ4n) is 4.29. The number of carboxylic acid groups (broad SMARTS) is 1. The molecule has 5 heterocycles. The summed E-state index contributed by atoms with van der Waals surface area (Å²) in [6.45, 7) is 3.67. The molecule has 9 nitrogen and oxygen atoms in total. The minimum Gasteiger partial charge on any atom is -0.475 e. The van der Waals surface area contributed by atoms with Gasteiger partial charge >= 0.3 is 12.1 Å². The molecule has 0 amide bonds. The van der Waals surface area contributed by atoms with Gasteiger partial charge in [-0.05, 0) is 30.8 Å². The standard InChI is InChI=1S/C18H20N6OS.C2HF3O2/c1-22-9-6-19-15(22)14-16(25)24-8-5-18(17(24)21-20-14)4-7-23(12-18)11-13-3-2-10-26-13;3-2(4,5)1(6)7/h2-3,6,9-10H,4-5,7-8,11-12H2,1H3;(H,6,7). The molecule has 0 bridgehead atoms. The highest BCUT2D eigenvalue weighted by Crippen LogP contribution is 2.41. The highest BCUT2D eigenvalue weighted by molar-refractivity contribution is 7.09. The van der Waals surface area contributed by atoms with E-state index in [1.807, 2.05) is 17.8 Å². The number of aliphatic carboxylic acids is 1. The molecule has 33 heavy (non-hydrogen) atoms. The fourth-order valence-corrected chi connectivity index (χ4v) is 5.04. The van der Waals surface area contributed by atoms with E-state index < -0.39 is 12.1 Å². The topological polar surface area (TPSA) is 106 Å². The van der Waals surface area contributed by atoms with E-state index in [2.05, 4.69) is 37.6 Å². The van der Waals surface area contributed by atoms with Crippen molar-refractivity contribution in [2.75, 3.05) is 13.1 Å². The number of likely N-dealkylation sites (tertiary alicyclic amines) is 1. The van der Waals surface area contributed by atoms with Crippen LogP contribution in [0.25, 0.3) is 11.5 Å². The second-order valence-electron chi connectivity index (χ2n) is 8.06. The largest absolute Gasteiger partial charge is 0.490 e. The Balaban J connectivity index is 0.000000325. The van der Waals surface area contributed by atoms with Gasteiger partial charge in [0.25, 0.3) is 5.56 Å². The van der Waals surface area contributed by atoms with E-state index in [1.54, 1.807) is 22.1 Å². The second-order valence-corrected chi connectivity index (χ2v) is 9.10. The number of aryl methyl sites for hydroxylation is 1. The van der Waals surface area contributed by atoms with Crippen LogP contribution in [0.1, 0.15) is 23.5 Å². The van der Waals surface area contributed by atoms with Crippen LogP contribution >= 0.6 is 11.3 Å². The van der Waals surface area contributed by atoms with Gasteiger partial charge in [-0.1, -0.05) is 6.07 Å². The van der Waals surface area contributed by atoms with Gasteiger partial charge < -0.3 is 9.67 Å². The molecule has 3 aromatic rings. The molecular formula is C20H21F3N6O3S. The first-order valence-electron chi connectivity index (χ1n) is 10.1. The van der Waals surface area contributed by atoms with Gasteiger partial charge in [0, 0.05) is 49.4 Å². The highest BCUT2D eigenvalue weighted by Gasteiger charge is 2.47. The molecule has 1 spiro atoms. The molecule has 0 saturated carbocycles. The van der Waals surface area contributed by atoms with E-state index in [0.29, 0.717) is 18.1 Å². The number of rotatable bonds is 3. The Labute approximate surface area is 190 Å². The van der Waals surface area contributed by atoms with Gasteiger partial charge in [0.1, 0.15) is 5.82 Å². The number of nitrogens with zero attached hydrogens (tertiary/aromatic N) is 6. The number of hydrogen-bond donors (Lipinski definition) is 1. The highest BCUT2D eigenvalue weighted by atomic mass is 32.1. The van der Waals surface area contributed by atoms with E-state index in [1.165, 1.54) is 4.88 Å². The maximum atomic E-state index is 13.0. The first kappa shape index (κ1) is 23.1. The zero-order valence-corrected chi connectivity index (χ0v) is 18.4. The number of imidazole rings is 1. The van der Waals surface area contributed by atoms with Crippen molar-refractivity contribution < 1.29 is 23.1 Å². The first-order valence-corrected chi connectivity index (χ1v) is 11.0. The van der Waals surface area contributed by atoms with Gasteiger partial charge in [0.2, 0.25) is 0 Å². The van der Waals surface area contributed by atoms with Crippen molar-refractivity contribution in [1.29, 1.82) is 0 Å². The molecule has 0 aliphatic carbocycles. The summed E-state index contributed by atoms with van der Waals surface area (Å²) in [6.07, 6.45) is 0.403. The lowest BCUT2D eigenvalue weighted by Crippen LogP contribution is -2.33. The molecule has 2 aliphatic heterocycles. The lowest BCUT2D eigenvalue weighted by molar-refractivity contribution is -0.192. The molecule has 0 radical (unpaired) electrons. The van der Waals surface area contributed by atoms with E-state index >= 15 is 0 Å². The summed E-state index contributed by atoms with van der Waals surface area (Å²) in [5.41, 5.74) is 0.230. The van der Waals surface area contributed by atoms with Crippen LogP contribution in [0.4, 0.5) is 13.2 Å². The third kappa shape index (κ3) is 4.55. The summed E-state index contributed by atoms with van der Waals surface area (Å²) < 4.78 is 35.4. The van der Waals surface area contributed by atoms with Crippen LogP contribution in [0.15, 0.2) is 34.7 Å². The van der Waals surface area contributed by atoms with Crippen molar-refractivity contribution in [2.45, 2.75) is 37.5 Å².